The number of nitrogens with zero attached hydrogens (tertiary/aromatic N) is 3. The number of aromatic nitrogens is 3. The Balaban J connectivity index is 2.39. The van der Waals surface area contributed by atoms with Crippen LogP contribution in [0.5, 0.6) is 0 Å². The van der Waals surface area contributed by atoms with Gasteiger partial charge < -0.3 is 5.73 Å². The Morgan fingerprint density at radius 1 is 1.25 bits per heavy atom. The summed E-state index contributed by atoms with van der Waals surface area (Å²) in [5.74, 6) is 1.80. The molecule has 1 aromatic heterocycles. The lowest BCUT2D eigenvalue weighted by Gasteiger charge is -2.02. The van der Waals surface area contributed by atoms with E-state index in [2.05, 4.69) is 17.0 Å². The molecule has 4 nitrogen and oxygen atoms in total. The van der Waals surface area contributed by atoms with Crippen molar-refractivity contribution >= 4 is 0 Å². The van der Waals surface area contributed by atoms with E-state index in [1.807, 2.05) is 35.0 Å². The Kier molecular flexibility index (Phi) is 3.31. The highest BCUT2D eigenvalue weighted by Gasteiger charge is 2.08. The molecule has 0 aliphatic heterocycles. The third-order valence-corrected chi connectivity index (χ3v) is 2.40. The zero-order valence-electron chi connectivity index (χ0n) is 9.43. The third-order valence-electron chi connectivity index (χ3n) is 2.40. The van der Waals surface area contributed by atoms with Gasteiger partial charge in [-0.25, -0.2) is 9.67 Å². The zero-order chi connectivity index (χ0) is 11.4. The van der Waals surface area contributed by atoms with Crippen molar-refractivity contribution in [3.8, 4) is 5.69 Å². The summed E-state index contributed by atoms with van der Waals surface area (Å²) in [6.07, 6.45) is 1.60. The molecule has 0 bridgehead atoms. The fourth-order valence-corrected chi connectivity index (χ4v) is 1.63. The minimum absolute atomic E-state index is 0.585. The van der Waals surface area contributed by atoms with E-state index in [9.17, 15) is 0 Å². The molecule has 1 heterocycles. The highest BCUT2D eigenvalue weighted by molar-refractivity contribution is 5.31. The first kappa shape index (κ1) is 10.8. The molecule has 0 unspecified atom stereocenters. The molecule has 0 saturated heterocycles. The van der Waals surface area contributed by atoms with E-state index in [4.69, 9.17) is 5.73 Å². The molecule has 0 spiro atoms. The predicted molar refractivity (Wildman–Crippen MR) is 63.5 cm³/mol. The fourth-order valence-electron chi connectivity index (χ4n) is 1.63. The average Bonchev–Trinajstić information content (AvgIpc) is 2.74. The minimum atomic E-state index is 0.585. The summed E-state index contributed by atoms with van der Waals surface area (Å²) in [5.41, 5.74) is 6.56. The van der Waals surface area contributed by atoms with Gasteiger partial charge in [-0.1, -0.05) is 25.1 Å². The van der Waals surface area contributed by atoms with Crippen LogP contribution in [0.4, 0.5) is 0 Å². The molecule has 2 aromatic rings. The summed E-state index contributed by atoms with van der Waals surface area (Å²) in [7, 11) is 0. The first-order valence-electron chi connectivity index (χ1n) is 5.55. The smallest absolute Gasteiger partial charge is 0.152 e. The number of para-hydroxylation sites is 1. The van der Waals surface area contributed by atoms with Crippen LogP contribution >= 0.6 is 0 Å². The summed E-state index contributed by atoms with van der Waals surface area (Å²) in [4.78, 5) is 4.47. The number of hydrogen-bond acceptors (Lipinski definition) is 3. The molecule has 0 radical (unpaired) electrons. The maximum atomic E-state index is 5.51. The predicted octanol–water partition coefficient (Wildman–Crippen LogP) is 1.33. The maximum Gasteiger partial charge on any atom is 0.152 e. The molecule has 0 atom stereocenters. The van der Waals surface area contributed by atoms with E-state index in [-0.39, 0.29) is 0 Å². The van der Waals surface area contributed by atoms with E-state index < -0.39 is 0 Å². The largest absolute Gasteiger partial charge is 0.330 e. The van der Waals surface area contributed by atoms with Crippen molar-refractivity contribution in [1.29, 1.82) is 0 Å². The van der Waals surface area contributed by atoms with Gasteiger partial charge in [0, 0.05) is 12.8 Å². The van der Waals surface area contributed by atoms with Gasteiger partial charge in [-0.2, -0.15) is 5.10 Å². The van der Waals surface area contributed by atoms with Gasteiger partial charge in [0.15, 0.2) is 5.82 Å². The lowest BCUT2D eigenvalue weighted by atomic mass is 10.3. The van der Waals surface area contributed by atoms with Crippen LogP contribution in [0, 0.1) is 0 Å². The van der Waals surface area contributed by atoms with E-state index in [0.717, 1.165) is 30.2 Å². The second-order valence-electron chi connectivity index (χ2n) is 3.58. The van der Waals surface area contributed by atoms with Gasteiger partial charge >= 0.3 is 0 Å². The summed E-state index contributed by atoms with van der Waals surface area (Å²) in [6, 6.07) is 10.0. The molecule has 2 rings (SSSR count). The monoisotopic (exact) mass is 216 g/mol. The molecule has 0 fully saturated rings. The van der Waals surface area contributed by atoms with E-state index in [1.54, 1.807) is 0 Å². The standard InChI is InChI=1S/C12H16N4/c1-2-12-14-11(8-9-13)15-16(12)10-6-4-3-5-7-10/h3-7H,2,8-9,13H2,1H3. The molecule has 0 amide bonds. The number of nitrogens with two attached hydrogens (primary N) is 1. The molecule has 0 aliphatic rings. The number of benzene rings is 1. The quantitative estimate of drug-likeness (QED) is 0.838. The summed E-state index contributed by atoms with van der Waals surface area (Å²) < 4.78 is 1.89. The molecule has 84 valence electrons. The normalized spacial score (nSPS) is 10.6. The Labute approximate surface area is 95.1 Å². The topological polar surface area (TPSA) is 56.7 Å². The van der Waals surface area contributed by atoms with Crippen molar-refractivity contribution in [2.75, 3.05) is 6.54 Å². The van der Waals surface area contributed by atoms with Crippen LogP contribution in [-0.2, 0) is 12.8 Å². The van der Waals surface area contributed by atoms with Crippen molar-refractivity contribution < 1.29 is 0 Å². The zero-order valence-corrected chi connectivity index (χ0v) is 9.43. The van der Waals surface area contributed by atoms with Gasteiger partial charge in [-0.15, -0.1) is 0 Å². The number of aryl methyl sites for hydroxylation is 1. The van der Waals surface area contributed by atoms with Crippen LogP contribution in [0.15, 0.2) is 30.3 Å². The molecule has 16 heavy (non-hydrogen) atoms. The molecular formula is C12H16N4. The van der Waals surface area contributed by atoms with Gasteiger partial charge in [0.2, 0.25) is 0 Å². The summed E-state index contributed by atoms with van der Waals surface area (Å²) in [6.45, 7) is 2.66. The second-order valence-corrected chi connectivity index (χ2v) is 3.58. The molecular weight excluding hydrogens is 200 g/mol. The number of rotatable bonds is 4. The Morgan fingerprint density at radius 2 is 2.00 bits per heavy atom. The third kappa shape index (κ3) is 2.12. The van der Waals surface area contributed by atoms with Crippen LogP contribution in [0.3, 0.4) is 0 Å². The van der Waals surface area contributed by atoms with Crippen molar-refractivity contribution in [3.05, 3.63) is 42.0 Å². The first-order valence-corrected chi connectivity index (χ1v) is 5.55. The van der Waals surface area contributed by atoms with Crippen molar-refractivity contribution in [2.24, 2.45) is 5.73 Å². The Morgan fingerprint density at radius 3 is 2.62 bits per heavy atom. The highest BCUT2D eigenvalue weighted by atomic mass is 15.3. The van der Waals surface area contributed by atoms with E-state index >= 15 is 0 Å². The fraction of sp³-hybridized carbons (Fsp3) is 0.333. The summed E-state index contributed by atoms with van der Waals surface area (Å²) in [5, 5.41) is 4.47. The van der Waals surface area contributed by atoms with Gasteiger partial charge in [0.1, 0.15) is 5.82 Å². The first-order chi connectivity index (χ1) is 7.85. The van der Waals surface area contributed by atoms with Gasteiger partial charge in [0.05, 0.1) is 5.69 Å². The van der Waals surface area contributed by atoms with Crippen LogP contribution < -0.4 is 5.73 Å². The molecule has 4 heteroatoms. The van der Waals surface area contributed by atoms with Gasteiger partial charge in [-0.05, 0) is 18.7 Å². The van der Waals surface area contributed by atoms with Crippen LogP contribution in [0.25, 0.3) is 5.69 Å². The Bertz CT molecular complexity index is 447. The molecule has 1 aromatic carbocycles. The van der Waals surface area contributed by atoms with Gasteiger partial charge in [-0.3, -0.25) is 0 Å². The van der Waals surface area contributed by atoms with Crippen LogP contribution in [0.2, 0.25) is 0 Å². The minimum Gasteiger partial charge on any atom is -0.330 e. The summed E-state index contributed by atoms with van der Waals surface area (Å²) >= 11 is 0. The van der Waals surface area contributed by atoms with Crippen LogP contribution in [0.1, 0.15) is 18.6 Å². The van der Waals surface area contributed by atoms with Crippen molar-refractivity contribution in [1.82, 2.24) is 14.8 Å². The SMILES string of the molecule is CCc1nc(CCN)nn1-c1ccccc1. The van der Waals surface area contributed by atoms with E-state index in [1.165, 1.54) is 0 Å². The highest BCUT2D eigenvalue weighted by Crippen LogP contribution is 2.10. The maximum absolute atomic E-state index is 5.51. The lowest BCUT2D eigenvalue weighted by Crippen LogP contribution is -2.05. The molecule has 0 saturated carbocycles. The lowest BCUT2D eigenvalue weighted by molar-refractivity contribution is 0.784. The van der Waals surface area contributed by atoms with Crippen molar-refractivity contribution in [3.63, 3.8) is 0 Å². The molecule has 0 aliphatic carbocycles. The van der Waals surface area contributed by atoms with E-state index in [0.29, 0.717) is 6.54 Å². The van der Waals surface area contributed by atoms with Gasteiger partial charge in [0.25, 0.3) is 0 Å². The molecule has 2 N–H and O–H groups in total. The number of hydrogen-bond donors (Lipinski definition) is 1. The van der Waals surface area contributed by atoms with Crippen molar-refractivity contribution in [2.45, 2.75) is 19.8 Å². The second kappa shape index (κ2) is 4.90. The Hall–Kier alpha value is -1.68. The average molecular weight is 216 g/mol. The van der Waals surface area contributed by atoms with Crippen LogP contribution in [-0.4, -0.2) is 21.3 Å².